The SMILES string of the molecule is Bc1c(B)c(B)c2c(oc3c(B)c(B)c(-c4c5c(B)c(B)c(B)c(B)c5c(-c5ccc6c(ccc7ccccc76)c5)c5c(B)c(B)c(B)c(B)c45)c(B)c32)c1B. The Morgan fingerprint density at radius 2 is 0.696 bits per heavy atom. The van der Waals surface area contributed by atoms with Crippen LogP contribution in [0.3, 0.4) is 0 Å². The first kappa shape index (κ1) is 37.2. The van der Waals surface area contributed by atoms with Gasteiger partial charge in [-0.3, -0.25) is 0 Å². The Hall–Kier alpha value is -4.43. The lowest BCUT2D eigenvalue weighted by molar-refractivity contribution is 0.675. The molecular weight excluding hydrogens is 659 g/mol. The van der Waals surface area contributed by atoms with Crippen molar-refractivity contribution >= 4 is 265 Å². The fraction of sp³-hybridized carbons (Fsp3) is 0. The molecule has 0 aliphatic heterocycles. The molecule has 0 atom stereocenters. The number of hydrogen-bond acceptors (Lipinski definition) is 1. The van der Waals surface area contributed by atoms with E-state index in [1.165, 1.54) is 158 Å². The van der Waals surface area contributed by atoms with Gasteiger partial charge in [-0.25, -0.2) is 0 Å². The third-order valence-corrected chi connectivity index (χ3v) is 15.0. The van der Waals surface area contributed by atoms with Crippen molar-refractivity contribution in [2.45, 2.75) is 0 Å². The van der Waals surface area contributed by atoms with E-state index >= 15 is 0 Å². The van der Waals surface area contributed by atoms with Gasteiger partial charge in [-0.2, -0.15) is 0 Å². The normalized spacial score (nSPS) is 11.9. The van der Waals surface area contributed by atoms with Crippen molar-refractivity contribution in [1.82, 2.24) is 0 Å². The summed E-state index contributed by atoms with van der Waals surface area (Å²) in [5, 5.41) is 13.2. The van der Waals surface area contributed by atoms with Crippen LogP contribution in [-0.4, -0.2) is 118 Å². The highest BCUT2D eigenvalue weighted by molar-refractivity contribution is 6.73. The lowest BCUT2D eigenvalue weighted by atomic mass is 9.58. The Kier molecular flexibility index (Phi) is 8.49. The summed E-state index contributed by atoms with van der Waals surface area (Å²) in [6, 6.07) is 20.6. The van der Waals surface area contributed by atoms with Crippen LogP contribution in [0.1, 0.15) is 0 Å². The first-order valence-electron chi connectivity index (χ1n) is 20.4. The first-order valence-corrected chi connectivity index (χ1v) is 20.4. The molecule has 0 radical (unpaired) electrons. The highest BCUT2D eigenvalue weighted by atomic mass is 16.3. The van der Waals surface area contributed by atoms with E-state index in [1.807, 2.05) is 0 Å². The van der Waals surface area contributed by atoms with E-state index in [4.69, 9.17) is 4.42 Å². The van der Waals surface area contributed by atoms with E-state index in [9.17, 15) is 0 Å². The van der Waals surface area contributed by atoms with Gasteiger partial charge in [0.1, 0.15) is 129 Å². The highest BCUT2D eigenvalue weighted by Gasteiger charge is 2.29. The molecule has 9 aromatic rings. The van der Waals surface area contributed by atoms with Crippen molar-refractivity contribution in [2.75, 3.05) is 0 Å². The summed E-state index contributed by atoms with van der Waals surface area (Å²) in [6.45, 7) is 0. The summed E-state index contributed by atoms with van der Waals surface area (Å²) in [5.74, 6) is 0. The molecule has 250 valence electrons. The Balaban J connectivity index is 1.56. The lowest BCUT2D eigenvalue weighted by Crippen LogP contribution is -2.50. The fourth-order valence-corrected chi connectivity index (χ4v) is 10.6. The number of rotatable bonds is 2. The topological polar surface area (TPSA) is 13.1 Å². The van der Waals surface area contributed by atoms with E-state index in [0.717, 1.165) is 11.2 Å². The molecule has 0 aliphatic carbocycles. The van der Waals surface area contributed by atoms with Crippen molar-refractivity contribution in [2.24, 2.45) is 0 Å². The number of hydrogen-bond donors (Lipinski definition) is 0. The van der Waals surface area contributed by atoms with Gasteiger partial charge in [0.15, 0.2) is 0 Å². The van der Waals surface area contributed by atoms with Gasteiger partial charge in [-0.1, -0.05) is 103 Å². The second kappa shape index (κ2) is 12.8. The molecule has 9 rings (SSSR count). The first-order chi connectivity index (χ1) is 26.6. The van der Waals surface area contributed by atoms with E-state index in [0.29, 0.717) is 0 Å². The standard InChI is InChI=1S/C40H39B15O/c41-24-21(29(46)37(54)39-22(24)23-30(47)35(52)36(53)38(55)40(23)56-39)16-19-17(25(42)31(48)33(50)27(19)44)15(18-20(16)28(45)34(51)32(49)26(18)43)12-7-8-14-11(9-12)6-5-10-3-1-2-4-13(10)14/h1-9H,41-55H2. The minimum atomic E-state index is 1.03. The Morgan fingerprint density at radius 3 is 1.25 bits per heavy atom. The van der Waals surface area contributed by atoms with E-state index in [-0.39, 0.29) is 0 Å². The Bertz CT molecular complexity index is 3230. The molecule has 0 saturated carbocycles. The molecule has 0 amide bonds. The molecule has 56 heavy (non-hydrogen) atoms. The maximum absolute atomic E-state index is 6.95. The van der Waals surface area contributed by atoms with Gasteiger partial charge in [0.25, 0.3) is 0 Å². The van der Waals surface area contributed by atoms with Gasteiger partial charge in [-0.15, -0.1) is 27.3 Å². The summed E-state index contributed by atoms with van der Waals surface area (Å²) in [4.78, 5) is 0. The summed E-state index contributed by atoms with van der Waals surface area (Å²) >= 11 is 0. The zero-order valence-corrected chi connectivity index (χ0v) is 36.1. The number of fused-ring (bicyclic) bond motifs is 8. The number of benzene rings is 8. The Labute approximate surface area is 344 Å². The monoisotopic (exact) mass is 700 g/mol. The van der Waals surface area contributed by atoms with E-state index in [2.05, 4.69) is 172 Å². The summed E-state index contributed by atoms with van der Waals surface area (Å²) < 4.78 is 6.95. The van der Waals surface area contributed by atoms with Crippen LogP contribution >= 0.6 is 0 Å². The largest absolute Gasteiger partial charge is 0.457 e. The van der Waals surface area contributed by atoms with Gasteiger partial charge < -0.3 is 4.42 Å². The highest BCUT2D eigenvalue weighted by Crippen LogP contribution is 2.41. The van der Waals surface area contributed by atoms with Crippen molar-refractivity contribution in [3.05, 3.63) is 54.6 Å². The van der Waals surface area contributed by atoms with Gasteiger partial charge in [0, 0.05) is 10.8 Å². The minimum absolute atomic E-state index is 1.03. The fourth-order valence-electron chi connectivity index (χ4n) is 10.6. The van der Waals surface area contributed by atoms with Crippen molar-refractivity contribution < 1.29 is 4.42 Å². The second-order valence-corrected chi connectivity index (χ2v) is 17.2. The molecule has 1 aromatic heterocycles. The molecule has 1 nitrogen and oxygen atoms in total. The van der Waals surface area contributed by atoms with Gasteiger partial charge in [0.05, 0.1) is 0 Å². The maximum atomic E-state index is 6.95. The average molecular weight is 698 g/mol. The molecule has 0 saturated heterocycles. The molecular formula is C40H39B15O. The van der Waals surface area contributed by atoms with Crippen LogP contribution in [0.2, 0.25) is 0 Å². The predicted octanol–water partition coefficient (Wildman–Crippen LogP) is -14.6. The molecule has 0 fully saturated rings. The third-order valence-electron chi connectivity index (χ3n) is 15.0. The van der Waals surface area contributed by atoms with Crippen molar-refractivity contribution in [3.63, 3.8) is 0 Å². The summed E-state index contributed by atoms with van der Waals surface area (Å²) in [6.07, 6.45) is 0. The van der Waals surface area contributed by atoms with Gasteiger partial charge in [-0.05, 0) is 71.4 Å². The van der Waals surface area contributed by atoms with Crippen LogP contribution in [0.4, 0.5) is 0 Å². The summed E-state index contributed by atoms with van der Waals surface area (Å²) in [7, 11) is 34.8. The third kappa shape index (κ3) is 4.77. The molecule has 0 N–H and O–H groups in total. The van der Waals surface area contributed by atoms with E-state index < -0.39 is 0 Å². The average Bonchev–Trinajstić information content (AvgIpc) is 3.61. The lowest BCUT2D eigenvalue weighted by Gasteiger charge is -2.30. The van der Waals surface area contributed by atoms with Crippen molar-refractivity contribution in [1.29, 1.82) is 0 Å². The van der Waals surface area contributed by atoms with Crippen LogP contribution in [0.15, 0.2) is 59.0 Å². The van der Waals surface area contributed by atoms with Crippen LogP contribution in [0, 0.1) is 0 Å². The predicted molar refractivity (Wildman–Crippen MR) is 297 cm³/mol. The molecule has 0 spiro atoms. The maximum Gasteiger partial charge on any atom is 0.143 e. The summed E-state index contributed by atoms with van der Waals surface area (Å²) in [5.41, 5.74) is 27.5. The minimum Gasteiger partial charge on any atom is -0.457 e. The second-order valence-electron chi connectivity index (χ2n) is 17.2. The zero-order valence-electron chi connectivity index (χ0n) is 36.1. The van der Waals surface area contributed by atoms with E-state index in [1.54, 1.807) is 0 Å². The molecule has 0 unspecified atom stereocenters. The van der Waals surface area contributed by atoms with Crippen LogP contribution in [0.25, 0.3) is 87.3 Å². The molecule has 16 heteroatoms. The van der Waals surface area contributed by atoms with Gasteiger partial charge >= 0.3 is 0 Å². The molecule has 1 heterocycles. The smallest absolute Gasteiger partial charge is 0.143 e. The molecule has 0 bridgehead atoms. The molecule has 0 aliphatic rings. The van der Waals surface area contributed by atoms with Crippen molar-refractivity contribution in [3.8, 4) is 22.3 Å². The number of furan rings is 1. The quantitative estimate of drug-likeness (QED) is 0.0996. The van der Waals surface area contributed by atoms with Crippen LogP contribution in [0.5, 0.6) is 0 Å². The zero-order chi connectivity index (χ0) is 40.0. The molecule has 8 aromatic carbocycles. The Morgan fingerprint density at radius 1 is 0.286 bits per heavy atom. The van der Waals surface area contributed by atoms with Crippen LogP contribution in [-0.2, 0) is 0 Å². The van der Waals surface area contributed by atoms with Gasteiger partial charge in [0.2, 0.25) is 0 Å². The van der Waals surface area contributed by atoms with Crippen LogP contribution < -0.4 is 81.9 Å².